The Morgan fingerprint density at radius 1 is 0.403 bits per heavy atom. The van der Waals surface area contributed by atoms with E-state index < -0.39 is 0 Å². The van der Waals surface area contributed by atoms with Crippen LogP contribution >= 0.6 is 0 Å². The Balaban J connectivity index is 0.000000261. The van der Waals surface area contributed by atoms with E-state index in [0.29, 0.717) is 11.4 Å². The first kappa shape index (κ1) is 42.2. The van der Waals surface area contributed by atoms with Crippen molar-refractivity contribution in [2.24, 2.45) is 5.73 Å². The molecule has 67 heavy (non-hydrogen) atoms. The summed E-state index contributed by atoms with van der Waals surface area (Å²) in [6, 6.07) is 89.8. The summed E-state index contributed by atoms with van der Waals surface area (Å²) in [5, 5.41) is 10.4. The van der Waals surface area contributed by atoms with Gasteiger partial charge in [-0.05, 0) is 87.3 Å². The van der Waals surface area contributed by atoms with Crippen molar-refractivity contribution in [3.05, 3.63) is 278 Å². The van der Waals surface area contributed by atoms with E-state index in [1.165, 1.54) is 83.0 Å². The molecule has 0 aliphatic rings. The van der Waals surface area contributed by atoms with Crippen LogP contribution in [-0.2, 0) is 0 Å². The maximum atomic E-state index is 7.95. The van der Waals surface area contributed by atoms with E-state index in [2.05, 4.69) is 206 Å². The molecule has 0 atom stereocenters. The normalized spacial score (nSPS) is 11.3. The fourth-order valence-electron chi connectivity index (χ4n) is 9.26. The molecule has 1 heterocycles. The number of rotatable bonds is 9. The highest BCUT2D eigenvalue weighted by atomic mass is 15.0. The Hall–Kier alpha value is -8.79. The molecule has 0 aliphatic carbocycles. The summed E-state index contributed by atoms with van der Waals surface area (Å²) >= 11 is 0. The van der Waals surface area contributed by atoms with Gasteiger partial charge in [-0.3, -0.25) is 0 Å². The monoisotopic (exact) mass is 859 g/mol. The quantitative estimate of drug-likeness (QED) is 0.140. The van der Waals surface area contributed by atoms with E-state index in [1.54, 1.807) is 6.08 Å². The number of para-hydroxylation sites is 1. The average molecular weight is 860 g/mol. The lowest BCUT2D eigenvalue weighted by atomic mass is 9.80. The van der Waals surface area contributed by atoms with E-state index in [0.717, 1.165) is 16.8 Å². The SMILES string of the molecule is Cc1cccc(-c2ccc3c(c2)c2c(-c4ccccc4)c(-c4ccccc4)c(-c4ccccc4)c(-c4ccccc4)c2n3-c2ccccc2)c1.N=C(/C=C(\N)c1ccccc1)c1ccccc1. The van der Waals surface area contributed by atoms with Gasteiger partial charge in [0.2, 0.25) is 0 Å². The van der Waals surface area contributed by atoms with Gasteiger partial charge in [-0.25, -0.2) is 0 Å². The fourth-order valence-corrected chi connectivity index (χ4v) is 9.26. The van der Waals surface area contributed by atoms with Gasteiger partial charge >= 0.3 is 0 Å². The molecule has 0 spiro atoms. The maximum absolute atomic E-state index is 7.95. The van der Waals surface area contributed by atoms with E-state index in [1.807, 2.05) is 60.7 Å². The molecule has 0 radical (unpaired) electrons. The predicted octanol–water partition coefficient (Wildman–Crippen LogP) is 16.5. The molecule has 0 bridgehead atoms. The zero-order valence-corrected chi connectivity index (χ0v) is 37.4. The zero-order valence-electron chi connectivity index (χ0n) is 37.4. The lowest BCUT2D eigenvalue weighted by Crippen LogP contribution is -2.02. The summed E-state index contributed by atoms with van der Waals surface area (Å²) in [7, 11) is 0. The molecular weight excluding hydrogens is 811 g/mol. The smallest absolute Gasteiger partial charge is 0.0632 e. The standard InChI is InChI=1S/C49H35N.C15H14N2/c1-34-18-17-27-39(32-34)40-30-31-43-42(33-40)48-46(37-23-11-4-12-24-37)44(35-19-7-2-8-20-35)45(36-21-9-3-10-22-36)47(38-25-13-5-14-26-38)49(48)50(43)41-28-15-6-16-29-41;16-14(12-7-3-1-4-8-12)11-15(17)13-9-5-2-6-10-13/h2-33H,1H3;1-11,16H,17H2/b;15-11-,16-14?. The predicted molar refractivity (Wildman–Crippen MR) is 285 cm³/mol. The van der Waals surface area contributed by atoms with Crippen LogP contribution < -0.4 is 5.73 Å². The third-order valence-electron chi connectivity index (χ3n) is 12.3. The van der Waals surface area contributed by atoms with E-state index in [4.69, 9.17) is 11.1 Å². The number of hydrogen-bond acceptors (Lipinski definition) is 2. The second kappa shape index (κ2) is 19.1. The Bertz CT molecular complexity index is 3490. The lowest BCUT2D eigenvalue weighted by Gasteiger charge is -2.24. The number of benzene rings is 10. The summed E-state index contributed by atoms with van der Waals surface area (Å²) in [5.74, 6) is 0. The fraction of sp³-hybridized carbons (Fsp3) is 0.0156. The van der Waals surface area contributed by atoms with Crippen LogP contribution in [-0.4, -0.2) is 10.3 Å². The highest BCUT2D eigenvalue weighted by molar-refractivity contribution is 6.27. The highest BCUT2D eigenvalue weighted by Crippen LogP contribution is 2.54. The van der Waals surface area contributed by atoms with Crippen LogP contribution in [0.1, 0.15) is 16.7 Å². The van der Waals surface area contributed by atoms with Crippen molar-refractivity contribution >= 4 is 33.2 Å². The van der Waals surface area contributed by atoms with Gasteiger partial charge < -0.3 is 15.7 Å². The molecule has 0 saturated heterocycles. The summed E-state index contributed by atoms with van der Waals surface area (Å²) in [6.45, 7) is 2.17. The molecule has 11 rings (SSSR count). The molecule has 11 aromatic rings. The first-order chi connectivity index (χ1) is 33.0. The van der Waals surface area contributed by atoms with Crippen molar-refractivity contribution < 1.29 is 0 Å². The molecule has 0 fully saturated rings. The summed E-state index contributed by atoms with van der Waals surface area (Å²) in [4.78, 5) is 0. The number of fused-ring (bicyclic) bond motifs is 3. The second-order valence-corrected chi connectivity index (χ2v) is 16.7. The summed E-state index contributed by atoms with van der Waals surface area (Å²) in [5.41, 5.74) is 25.7. The van der Waals surface area contributed by atoms with Crippen molar-refractivity contribution in [3.63, 3.8) is 0 Å². The zero-order chi connectivity index (χ0) is 45.5. The van der Waals surface area contributed by atoms with Gasteiger partial charge in [0.1, 0.15) is 0 Å². The Morgan fingerprint density at radius 3 is 1.34 bits per heavy atom. The largest absolute Gasteiger partial charge is 0.398 e. The Kier molecular flexibility index (Phi) is 12.0. The van der Waals surface area contributed by atoms with Crippen LogP contribution in [0.5, 0.6) is 0 Å². The molecule has 0 unspecified atom stereocenters. The Labute approximate surface area is 392 Å². The van der Waals surface area contributed by atoms with Crippen LogP contribution in [0, 0.1) is 12.3 Å². The minimum Gasteiger partial charge on any atom is -0.398 e. The molecule has 1 aromatic heterocycles. The van der Waals surface area contributed by atoms with E-state index in [9.17, 15) is 0 Å². The molecule has 3 nitrogen and oxygen atoms in total. The van der Waals surface area contributed by atoms with E-state index in [-0.39, 0.29) is 0 Å². The molecule has 0 saturated carbocycles. The third-order valence-corrected chi connectivity index (χ3v) is 12.3. The van der Waals surface area contributed by atoms with Crippen molar-refractivity contribution in [3.8, 4) is 61.3 Å². The van der Waals surface area contributed by atoms with Gasteiger partial charge in [0.25, 0.3) is 0 Å². The first-order valence-corrected chi connectivity index (χ1v) is 22.7. The van der Waals surface area contributed by atoms with Gasteiger partial charge in [-0.15, -0.1) is 0 Å². The summed E-state index contributed by atoms with van der Waals surface area (Å²) in [6.07, 6.45) is 1.69. The number of aryl methyl sites for hydroxylation is 1. The highest BCUT2D eigenvalue weighted by Gasteiger charge is 2.29. The lowest BCUT2D eigenvalue weighted by molar-refractivity contribution is 1.18. The number of nitrogens with one attached hydrogen (secondary N) is 1. The molecular formula is C64H49N3. The molecule has 320 valence electrons. The van der Waals surface area contributed by atoms with E-state index >= 15 is 0 Å². The van der Waals surface area contributed by atoms with Gasteiger partial charge in [0.15, 0.2) is 0 Å². The molecule has 0 aliphatic heterocycles. The molecule has 3 N–H and O–H groups in total. The minimum absolute atomic E-state index is 0.423. The van der Waals surface area contributed by atoms with Crippen LogP contribution in [0.4, 0.5) is 0 Å². The van der Waals surface area contributed by atoms with Gasteiger partial charge in [0.05, 0.1) is 16.7 Å². The number of nitrogens with zero attached hydrogens (tertiary/aromatic N) is 1. The number of nitrogens with two attached hydrogens (primary N) is 1. The van der Waals surface area contributed by atoms with Crippen molar-refractivity contribution in [1.29, 1.82) is 5.41 Å². The minimum atomic E-state index is 0.423. The molecule has 10 aromatic carbocycles. The van der Waals surface area contributed by atoms with Crippen molar-refractivity contribution in [1.82, 2.24) is 4.57 Å². The van der Waals surface area contributed by atoms with Crippen LogP contribution in [0.15, 0.2) is 261 Å². The first-order valence-electron chi connectivity index (χ1n) is 22.7. The van der Waals surface area contributed by atoms with Crippen molar-refractivity contribution in [2.45, 2.75) is 6.92 Å². The Morgan fingerprint density at radius 2 is 0.821 bits per heavy atom. The number of hydrogen-bond donors (Lipinski definition) is 2. The second-order valence-electron chi connectivity index (χ2n) is 16.7. The van der Waals surface area contributed by atoms with Gasteiger partial charge in [-0.2, -0.15) is 0 Å². The number of aromatic nitrogens is 1. The van der Waals surface area contributed by atoms with Crippen LogP contribution in [0.2, 0.25) is 0 Å². The molecule has 0 amide bonds. The maximum Gasteiger partial charge on any atom is 0.0632 e. The van der Waals surface area contributed by atoms with Crippen molar-refractivity contribution in [2.75, 3.05) is 0 Å². The number of allylic oxidation sites excluding steroid dienone is 1. The van der Waals surface area contributed by atoms with Crippen LogP contribution in [0.3, 0.4) is 0 Å². The summed E-state index contributed by atoms with van der Waals surface area (Å²) < 4.78 is 2.50. The third kappa shape index (κ3) is 8.62. The average Bonchev–Trinajstić information content (AvgIpc) is 3.74. The van der Waals surface area contributed by atoms with Crippen LogP contribution in [0.25, 0.3) is 88.8 Å². The van der Waals surface area contributed by atoms with Gasteiger partial charge in [0, 0.05) is 38.8 Å². The topological polar surface area (TPSA) is 54.8 Å². The molecule has 3 heteroatoms. The van der Waals surface area contributed by atoms with Gasteiger partial charge in [-0.1, -0.05) is 236 Å².